The van der Waals surface area contributed by atoms with Crippen LogP contribution in [0.4, 0.5) is 10.1 Å². The quantitative estimate of drug-likeness (QED) is 0.474. The third-order valence-electron chi connectivity index (χ3n) is 5.76. The zero-order valence-corrected chi connectivity index (χ0v) is 17.6. The molecule has 1 saturated heterocycles. The smallest absolute Gasteiger partial charge is 0.258 e. The first-order valence-corrected chi connectivity index (χ1v) is 10.8. The number of halogens is 1. The van der Waals surface area contributed by atoms with Crippen molar-refractivity contribution >= 4 is 22.6 Å². The van der Waals surface area contributed by atoms with Gasteiger partial charge in [0.1, 0.15) is 17.2 Å². The number of nitrogens with zero attached hydrogens (tertiary/aromatic N) is 1. The number of furan rings is 1. The van der Waals surface area contributed by atoms with Gasteiger partial charge < -0.3 is 15.1 Å². The number of fused-ring (bicyclic) bond motifs is 1. The van der Waals surface area contributed by atoms with Crippen LogP contribution < -0.4 is 10.6 Å². The molecule has 0 radical (unpaired) electrons. The number of hydrogen-bond donors (Lipinski definition) is 2. The molecule has 3 aromatic carbocycles. The number of carbonyl (C=O) groups is 1. The van der Waals surface area contributed by atoms with Crippen molar-refractivity contribution in [2.24, 2.45) is 0 Å². The Morgan fingerprint density at radius 3 is 2.62 bits per heavy atom. The van der Waals surface area contributed by atoms with E-state index in [2.05, 4.69) is 27.7 Å². The van der Waals surface area contributed by atoms with Crippen molar-refractivity contribution in [3.8, 4) is 11.3 Å². The van der Waals surface area contributed by atoms with Gasteiger partial charge in [-0.25, -0.2) is 4.39 Å². The van der Waals surface area contributed by atoms with Crippen molar-refractivity contribution in [3.63, 3.8) is 0 Å². The highest BCUT2D eigenvalue weighted by Crippen LogP contribution is 2.33. The molecule has 0 spiro atoms. The fraction of sp³-hybridized carbons (Fsp3) is 0.192. The SMILES string of the molecule is O=C(Nc1ccccc1-c1cc2cc(CN3CCNCC3)ccc2o1)c1ccccc1F. The van der Waals surface area contributed by atoms with Crippen molar-refractivity contribution < 1.29 is 13.6 Å². The van der Waals surface area contributed by atoms with Crippen LogP contribution in [0.3, 0.4) is 0 Å². The van der Waals surface area contributed by atoms with Gasteiger partial charge in [-0.15, -0.1) is 0 Å². The number of rotatable bonds is 5. The molecule has 1 fully saturated rings. The number of amides is 1. The number of benzene rings is 3. The summed E-state index contributed by atoms with van der Waals surface area (Å²) < 4.78 is 20.1. The highest BCUT2D eigenvalue weighted by Gasteiger charge is 2.16. The van der Waals surface area contributed by atoms with Crippen LogP contribution in [0.5, 0.6) is 0 Å². The molecule has 1 aliphatic rings. The third kappa shape index (κ3) is 4.28. The standard InChI is InChI=1S/C26H24FN3O2/c27-22-7-3-1-5-20(22)26(31)29-23-8-4-2-6-21(23)25-16-19-15-18(9-10-24(19)32-25)17-30-13-11-28-12-14-30/h1-10,15-16,28H,11-14,17H2,(H,29,31). The van der Waals surface area contributed by atoms with Gasteiger partial charge in [-0.05, 0) is 48.0 Å². The van der Waals surface area contributed by atoms with Crippen molar-refractivity contribution in [1.82, 2.24) is 10.2 Å². The van der Waals surface area contributed by atoms with Crippen LogP contribution in [0.15, 0.2) is 77.2 Å². The Hall–Kier alpha value is -3.48. The Morgan fingerprint density at radius 2 is 1.78 bits per heavy atom. The second kappa shape index (κ2) is 8.94. The van der Waals surface area contributed by atoms with Gasteiger partial charge in [0, 0.05) is 43.7 Å². The normalized spacial score (nSPS) is 14.5. The molecule has 0 atom stereocenters. The fourth-order valence-corrected chi connectivity index (χ4v) is 4.09. The molecule has 4 aromatic rings. The molecule has 0 bridgehead atoms. The van der Waals surface area contributed by atoms with Crippen molar-refractivity contribution in [1.29, 1.82) is 0 Å². The lowest BCUT2D eigenvalue weighted by molar-refractivity contribution is 0.102. The minimum atomic E-state index is -0.553. The van der Waals surface area contributed by atoms with E-state index in [4.69, 9.17) is 4.42 Å². The molecular formula is C26H24FN3O2. The summed E-state index contributed by atoms with van der Waals surface area (Å²) in [4.78, 5) is 15.1. The predicted molar refractivity (Wildman–Crippen MR) is 124 cm³/mol. The van der Waals surface area contributed by atoms with Gasteiger partial charge in [-0.1, -0.05) is 30.3 Å². The molecule has 0 aliphatic carbocycles. The van der Waals surface area contributed by atoms with Crippen LogP contribution in [0.2, 0.25) is 0 Å². The van der Waals surface area contributed by atoms with Gasteiger partial charge in [-0.3, -0.25) is 9.69 Å². The first-order valence-electron chi connectivity index (χ1n) is 10.8. The number of piperazine rings is 1. The Morgan fingerprint density at radius 1 is 1.00 bits per heavy atom. The van der Waals surface area contributed by atoms with Crippen LogP contribution in [0.1, 0.15) is 15.9 Å². The largest absolute Gasteiger partial charge is 0.456 e. The molecule has 5 rings (SSSR count). The van der Waals surface area contributed by atoms with E-state index >= 15 is 0 Å². The molecule has 32 heavy (non-hydrogen) atoms. The maximum absolute atomic E-state index is 14.0. The number of nitrogens with one attached hydrogen (secondary N) is 2. The van der Waals surface area contributed by atoms with E-state index < -0.39 is 11.7 Å². The lowest BCUT2D eigenvalue weighted by Gasteiger charge is -2.27. The highest BCUT2D eigenvalue weighted by atomic mass is 19.1. The zero-order valence-electron chi connectivity index (χ0n) is 17.6. The summed E-state index contributed by atoms with van der Waals surface area (Å²) in [6.45, 7) is 5.04. The van der Waals surface area contributed by atoms with Gasteiger partial charge in [0.25, 0.3) is 5.91 Å². The first-order chi connectivity index (χ1) is 15.7. The van der Waals surface area contributed by atoms with Crippen molar-refractivity contribution in [2.75, 3.05) is 31.5 Å². The van der Waals surface area contributed by atoms with E-state index in [0.717, 1.165) is 49.3 Å². The Balaban J connectivity index is 1.41. The van der Waals surface area contributed by atoms with Crippen LogP contribution in [-0.4, -0.2) is 37.0 Å². The summed E-state index contributed by atoms with van der Waals surface area (Å²) in [5, 5.41) is 7.22. The minimum absolute atomic E-state index is 0.00413. The lowest BCUT2D eigenvalue weighted by Crippen LogP contribution is -2.42. The van der Waals surface area contributed by atoms with E-state index in [1.54, 1.807) is 18.2 Å². The van der Waals surface area contributed by atoms with Gasteiger partial charge in [0.2, 0.25) is 0 Å². The Bertz CT molecular complexity index is 1260. The average Bonchev–Trinajstić information content (AvgIpc) is 3.23. The number of anilines is 1. The summed E-state index contributed by atoms with van der Waals surface area (Å²) in [6.07, 6.45) is 0. The number of para-hydroxylation sites is 1. The second-order valence-corrected chi connectivity index (χ2v) is 7.99. The van der Waals surface area contributed by atoms with Crippen molar-refractivity contribution in [3.05, 3.63) is 89.7 Å². The van der Waals surface area contributed by atoms with Crippen LogP contribution in [0.25, 0.3) is 22.3 Å². The molecule has 162 valence electrons. The van der Waals surface area contributed by atoms with Gasteiger partial charge in [0.05, 0.1) is 11.3 Å². The summed E-state index contributed by atoms with van der Waals surface area (Å²) in [6, 6.07) is 21.6. The number of carbonyl (C=O) groups excluding carboxylic acids is 1. The third-order valence-corrected chi connectivity index (χ3v) is 5.76. The van der Waals surface area contributed by atoms with Crippen LogP contribution in [-0.2, 0) is 6.54 Å². The van der Waals surface area contributed by atoms with Gasteiger partial charge in [-0.2, -0.15) is 0 Å². The molecular weight excluding hydrogens is 405 g/mol. The van der Waals surface area contributed by atoms with E-state index in [-0.39, 0.29) is 5.56 Å². The molecule has 1 amide bonds. The highest BCUT2D eigenvalue weighted by molar-refractivity contribution is 6.06. The maximum Gasteiger partial charge on any atom is 0.258 e. The van der Waals surface area contributed by atoms with Crippen LogP contribution >= 0.6 is 0 Å². The molecule has 2 N–H and O–H groups in total. The van der Waals surface area contributed by atoms with Crippen molar-refractivity contribution in [2.45, 2.75) is 6.54 Å². The number of hydrogen-bond acceptors (Lipinski definition) is 4. The van der Waals surface area contributed by atoms with E-state index in [1.807, 2.05) is 30.3 Å². The molecule has 6 heteroatoms. The first kappa shape index (κ1) is 20.4. The van der Waals surface area contributed by atoms with Gasteiger partial charge in [0.15, 0.2) is 0 Å². The molecule has 2 heterocycles. The summed E-state index contributed by atoms with van der Waals surface area (Å²) in [5.74, 6) is -0.392. The predicted octanol–water partition coefficient (Wildman–Crippen LogP) is 4.90. The topological polar surface area (TPSA) is 57.5 Å². The van der Waals surface area contributed by atoms with Crippen LogP contribution in [0, 0.1) is 5.82 Å². The molecule has 5 nitrogen and oxygen atoms in total. The Kier molecular flexibility index (Phi) is 5.71. The maximum atomic E-state index is 14.0. The Labute approximate surface area is 185 Å². The summed E-state index contributed by atoms with van der Waals surface area (Å²) in [5.41, 5.74) is 3.36. The van der Waals surface area contributed by atoms with E-state index in [1.165, 1.54) is 17.7 Å². The summed E-state index contributed by atoms with van der Waals surface area (Å²) >= 11 is 0. The fourth-order valence-electron chi connectivity index (χ4n) is 4.09. The zero-order chi connectivity index (χ0) is 21.9. The average molecular weight is 429 g/mol. The second-order valence-electron chi connectivity index (χ2n) is 7.99. The van der Waals surface area contributed by atoms with E-state index in [9.17, 15) is 9.18 Å². The molecule has 0 saturated carbocycles. The van der Waals surface area contributed by atoms with E-state index in [0.29, 0.717) is 11.4 Å². The summed E-state index contributed by atoms with van der Waals surface area (Å²) in [7, 11) is 0. The minimum Gasteiger partial charge on any atom is -0.456 e. The molecule has 1 aromatic heterocycles. The van der Waals surface area contributed by atoms with Gasteiger partial charge >= 0.3 is 0 Å². The molecule has 1 aliphatic heterocycles. The molecule has 0 unspecified atom stereocenters. The monoisotopic (exact) mass is 429 g/mol. The lowest BCUT2D eigenvalue weighted by atomic mass is 10.1.